The monoisotopic (exact) mass is 507 g/mol. The first kappa shape index (κ1) is 23.7. The van der Waals surface area contributed by atoms with E-state index in [9.17, 15) is 26.4 Å². The second-order valence-corrected chi connectivity index (χ2v) is 11.2. The number of furan rings is 1. The summed E-state index contributed by atoms with van der Waals surface area (Å²) in [7, 11) is -4.48. The average Bonchev–Trinajstić information content (AvgIpc) is 3.68. The van der Waals surface area contributed by atoms with E-state index in [0.29, 0.717) is 5.56 Å². The molecule has 0 aliphatic heterocycles. The van der Waals surface area contributed by atoms with Crippen molar-refractivity contribution in [3.05, 3.63) is 59.1 Å². The molecule has 2 saturated carbocycles. The Morgan fingerprint density at radius 2 is 1.91 bits per heavy atom. The van der Waals surface area contributed by atoms with Crippen molar-refractivity contribution in [2.24, 2.45) is 5.92 Å². The molecule has 10 heteroatoms. The van der Waals surface area contributed by atoms with Crippen molar-refractivity contribution in [2.75, 3.05) is 6.61 Å². The van der Waals surface area contributed by atoms with Gasteiger partial charge in [-0.2, -0.15) is 0 Å². The number of ether oxygens (including phenoxy) is 1. The van der Waals surface area contributed by atoms with Gasteiger partial charge in [0.25, 0.3) is 15.9 Å². The third-order valence-electron chi connectivity index (χ3n) is 6.43. The molecular formula is C25H24F3NO5S. The van der Waals surface area contributed by atoms with Crippen LogP contribution in [0.3, 0.4) is 0 Å². The summed E-state index contributed by atoms with van der Waals surface area (Å²) in [6, 6.07) is 8.60. The van der Waals surface area contributed by atoms with Crippen molar-refractivity contribution < 1.29 is 35.5 Å². The molecule has 1 N–H and O–H groups in total. The lowest BCUT2D eigenvalue weighted by Gasteiger charge is -2.15. The van der Waals surface area contributed by atoms with Crippen LogP contribution in [0.15, 0.2) is 45.7 Å². The van der Waals surface area contributed by atoms with Crippen LogP contribution in [0.1, 0.15) is 66.6 Å². The number of fused-ring (bicyclic) bond motifs is 1. The molecule has 0 spiro atoms. The zero-order chi connectivity index (χ0) is 25.1. The standard InChI is InChI=1S/C25H24F3NO5S/c1-13(2)15-5-6-20(33-12-17-11-25(17,27)28)23(9-15)35(31,32)29-24(30)22-10-18-19(26)7-16(14-3-4-14)8-21(18)34-22/h5-10,13-14,17H,3-4,11-12H2,1-2H3,(H,29,30). The van der Waals surface area contributed by atoms with Gasteiger partial charge in [0.05, 0.1) is 17.9 Å². The first-order chi connectivity index (χ1) is 16.4. The fourth-order valence-electron chi connectivity index (χ4n) is 3.96. The number of halogens is 3. The molecule has 2 aromatic carbocycles. The van der Waals surface area contributed by atoms with Crippen LogP contribution >= 0.6 is 0 Å². The fraction of sp³-hybridized carbons (Fsp3) is 0.400. The number of sulfonamides is 1. The largest absolute Gasteiger partial charge is 0.492 e. The molecule has 2 aliphatic carbocycles. The summed E-state index contributed by atoms with van der Waals surface area (Å²) < 4.78 is 80.2. The number of hydrogen-bond acceptors (Lipinski definition) is 5. The number of hydrogen-bond donors (Lipinski definition) is 1. The van der Waals surface area contributed by atoms with E-state index in [1.54, 1.807) is 12.1 Å². The number of amides is 1. The Bertz CT molecular complexity index is 1430. The molecule has 35 heavy (non-hydrogen) atoms. The molecule has 1 amide bonds. The minimum absolute atomic E-state index is 0.0412. The van der Waals surface area contributed by atoms with Gasteiger partial charge in [-0.1, -0.05) is 19.9 Å². The lowest BCUT2D eigenvalue weighted by Crippen LogP contribution is -2.30. The molecule has 6 nitrogen and oxygen atoms in total. The first-order valence-corrected chi connectivity index (χ1v) is 12.9. The normalized spacial score (nSPS) is 19.2. The van der Waals surface area contributed by atoms with Crippen molar-refractivity contribution in [2.45, 2.75) is 55.8 Å². The molecule has 5 rings (SSSR count). The number of nitrogens with one attached hydrogen (secondary N) is 1. The van der Waals surface area contributed by atoms with Crippen molar-refractivity contribution in [1.82, 2.24) is 4.72 Å². The third-order valence-corrected chi connectivity index (χ3v) is 7.78. The molecule has 2 fully saturated rings. The van der Waals surface area contributed by atoms with E-state index in [-0.39, 0.29) is 52.2 Å². The maximum atomic E-state index is 14.5. The van der Waals surface area contributed by atoms with E-state index >= 15 is 0 Å². The Morgan fingerprint density at radius 1 is 1.20 bits per heavy atom. The van der Waals surface area contributed by atoms with E-state index in [1.165, 1.54) is 18.2 Å². The van der Waals surface area contributed by atoms with Gasteiger partial charge >= 0.3 is 5.91 Å². The maximum Gasteiger partial charge on any atom is 0.300 e. The van der Waals surface area contributed by atoms with E-state index in [2.05, 4.69) is 0 Å². The summed E-state index contributed by atoms with van der Waals surface area (Å²) in [6.45, 7) is 3.36. The van der Waals surface area contributed by atoms with Crippen molar-refractivity contribution in [3.63, 3.8) is 0 Å². The van der Waals surface area contributed by atoms with Gasteiger partial charge in [-0.05, 0) is 60.1 Å². The zero-order valence-corrected chi connectivity index (χ0v) is 19.9. The van der Waals surface area contributed by atoms with E-state index < -0.39 is 33.6 Å². The van der Waals surface area contributed by atoms with Crippen LogP contribution < -0.4 is 9.46 Å². The minimum Gasteiger partial charge on any atom is -0.492 e. The quantitative estimate of drug-likeness (QED) is 0.421. The van der Waals surface area contributed by atoms with Gasteiger partial charge in [0.2, 0.25) is 0 Å². The predicted octanol–water partition coefficient (Wildman–Crippen LogP) is 5.73. The van der Waals surface area contributed by atoms with Crippen LogP contribution in [0.2, 0.25) is 0 Å². The van der Waals surface area contributed by atoms with Gasteiger partial charge in [0.15, 0.2) is 5.76 Å². The highest BCUT2D eigenvalue weighted by atomic mass is 32.2. The topological polar surface area (TPSA) is 85.6 Å². The molecule has 1 unspecified atom stereocenters. The summed E-state index contributed by atoms with van der Waals surface area (Å²) in [4.78, 5) is 12.4. The number of carbonyl (C=O) groups is 1. The summed E-state index contributed by atoms with van der Waals surface area (Å²) in [6.07, 6.45) is 1.59. The van der Waals surface area contributed by atoms with Crippen LogP contribution in [0.4, 0.5) is 13.2 Å². The second kappa shape index (κ2) is 8.29. The number of benzene rings is 2. The highest BCUT2D eigenvalue weighted by Crippen LogP contribution is 2.49. The number of carbonyl (C=O) groups excluding carboxylic acids is 1. The molecule has 0 saturated heterocycles. The molecule has 1 aromatic heterocycles. The molecule has 1 heterocycles. The second-order valence-electron chi connectivity index (χ2n) is 9.57. The third kappa shape index (κ3) is 4.76. The molecule has 2 aliphatic rings. The van der Waals surface area contributed by atoms with Crippen LogP contribution in [-0.4, -0.2) is 26.9 Å². The smallest absolute Gasteiger partial charge is 0.300 e. The highest BCUT2D eigenvalue weighted by Gasteiger charge is 2.57. The average molecular weight is 508 g/mol. The Kier molecular flexibility index (Phi) is 5.62. The molecule has 3 aromatic rings. The lowest BCUT2D eigenvalue weighted by molar-refractivity contribution is 0.0852. The van der Waals surface area contributed by atoms with Gasteiger partial charge in [-0.3, -0.25) is 4.79 Å². The van der Waals surface area contributed by atoms with Crippen molar-refractivity contribution in [3.8, 4) is 5.75 Å². The Hall–Kier alpha value is -3.01. The molecule has 186 valence electrons. The highest BCUT2D eigenvalue weighted by molar-refractivity contribution is 7.90. The van der Waals surface area contributed by atoms with Gasteiger partial charge < -0.3 is 9.15 Å². The lowest BCUT2D eigenvalue weighted by atomic mass is 10.0. The fourth-order valence-corrected chi connectivity index (χ4v) is 5.10. The zero-order valence-electron chi connectivity index (χ0n) is 19.1. The minimum atomic E-state index is -4.48. The number of alkyl halides is 2. The Labute approximate surface area is 200 Å². The SMILES string of the molecule is CC(C)c1ccc(OCC2CC2(F)F)c(S(=O)(=O)NC(=O)c2cc3c(F)cc(C4CC4)cc3o2)c1. The van der Waals surface area contributed by atoms with Gasteiger partial charge in [0, 0.05) is 12.5 Å². The Balaban J connectivity index is 1.42. The van der Waals surface area contributed by atoms with E-state index in [1.807, 2.05) is 18.6 Å². The first-order valence-electron chi connectivity index (χ1n) is 11.4. The van der Waals surface area contributed by atoms with Crippen LogP contribution in [0, 0.1) is 11.7 Å². The van der Waals surface area contributed by atoms with Crippen LogP contribution in [0.5, 0.6) is 5.75 Å². The van der Waals surface area contributed by atoms with Crippen LogP contribution in [0.25, 0.3) is 11.0 Å². The van der Waals surface area contributed by atoms with Gasteiger partial charge in [0.1, 0.15) is 22.0 Å². The Morgan fingerprint density at radius 3 is 2.54 bits per heavy atom. The van der Waals surface area contributed by atoms with Gasteiger partial charge in [-0.15, -0.1) is 0 Å². The molecular weight excluding hydrogens is 483 g/mol. The number of rotatable bonds is 8. The van der Waals surface area contributed by atoms with Crippen molar-refractivity contribution >= 4 is 26.9 Å². The predicted molar refractivity (Wildman–Crippen MR) is 122 cm³/mol. The summed E-state index contributed by atoms with van der Waals surface area (Å²) in [5, 5.41) is 0.0770. The van der Waals surface area contributed by atoms with Crippen LogP contribution in [-0.2, 0) is 10.0 Å². The molecule has 0 radical (unpaired) electrons. The molecule has 1 atom stereocenters. The maximum absolute atomic E-state index is 14.5. The summed E-state index contributed by atoms with van der Waals surface area (Å²) >= 11 is 0. The van der Waals surface area contributed by atoms with E-state index in [4.69, 9.17) is 9.15 Å². The summed E-state index contributed by atoms with van der Waals surface area (Å²) in [5.74, 6) is -5.71. The summed E-state index contributed by atoms with van der Waals surface area (Å²) in [5.41, 5.74) is 1.59. The van der Waals surface area contributed by atoms with Gasteiger partial charge in [-0.25, -0.2) is 26.3 Å². The van der Waals surface area contributed by atoms with E-state index in [0.717, 1.165) is 24.5 Å². The van der Waals surface area contributed by atoms with Crippen molar-refractivity contribution in [1.29, 1.82) is 0 Å². The molecule has 0 bridgehead atoms.